The molecule has 1 unspecified atom stereocenters. The number of amides is 1. The Hall–Kier alpha value is -3.35. The van der Waals surface area contributed by atoms with Gasteiger partial charge in [-0.1, -0.05) is 32.0 Å². The topological polar surface area (TPSA) is 98.6 Å². The number of carboxylic acid groups (broad SMARTS) is 1. The highest BCUT2D eigenvalue weighted by Gasteiger charge is 2.30. The maximum Gasteiger partial charge on any atom is 0.404 e. The monoisotopic (exact) mass is 448 g/mol. The molecule has 7 nitrogen and oxygen atoms in total. The van der Waals surface area contributed by atoms with Crippen LogP contribution in [0.25, 0.3) is 22.3 Å². The number of piperidine rings is 1. The maximum absolute atomic E-state index is 11.5. The first-order valence-corrected chi connectivity index (χ1v) is 11.6. The Labute approximate surface area is 194 Å². The van der Waals surface area contributed by atoms with Gasteiger partial charge in [0.1, 0.15) is 11.6 Å². The quantitative estimate of drug-likeness (QED) is 0.479. The van der Waals surface area contributed by atoms with E-state index in [1.165, 1.54) is 0 Å². The van der Waals surface area contributed by atoms with Gasteiger partial charge in [0.2, 0.25) is 0 Å². The molecule has 3 aromatic rings. The molecule has 0 aliphatic carbocycles. The number of benzene rings is 2. The number of nitrogens with one attached hydrogen (secondary N) is 1. The van der Waals surface area contributed by atoms with E-state index < -0.39 is 6.09 Å². The molecule has 0 saturated carbocycles. The van der Waals surface area contributed by atoms with Gasteiger partial charge in [0.15, 0.2) is 5.82 Å². The van der Waals surface area contributed by atoms with Gasteiger partial charge in [0, 0.05) is 24.5 Å². The van der Waals surface area contributed by atoms with Gasteiger partial charge in [-0.25, -0.2) is 14.8 Å². The molecular weight excluding hydrogens is 416 g/mol. The maximum atomic E-state index is 11.5. The van der Waals surface area contributed by atoms with Crippen LogP contribution in [0.4, 0.5) is 10.6 Å². The zero-order chi connectivity index (χ0) is 23.5. The second-order valence-electron chi connectivity index (χ2n) is 9.44. The van der Waals surface area contributed by atoms with E-state index in [1.807, 2.05) is 25.1 Å². The number of hydrogen-bond donors (Lipinski definition) is 3. The van der Waals surface area contributed by atoms with Crippen LogP contribution in [0.1, 0.15) is 38.7 Å². The molecule has 0 bridgehead atoms. The minimum absolute atomic E-state index is 0.0988. The Bertz CT molecular complexity index is 1150. The van der Waals surface area contributed by atoms with Gasteiger partial charge in [0.05, 0.1) is 11.1 Å². The second-order valence-corrected chi connectivity index (χ2v) is 9.44. The van der Waals surface area contributed by atoms with E-state index in [2.05, 4.69) is 36.2 Å². The van der Waals surface area contributed by atoms with Gasteiger partial charge in [-0.05, 0) is 67.9 Å². The molecule has 1 fully saturated rings. The van der Waals surface area contributed by atoms with Crippen LogP contribution in [0, 0.1) is 18.8 Å². The first-order valence-electron chi connectivity index (χ1n) is 11.6. The van der Waals surface area contributed by atoms with E-state index in [1.54, 1.807) is 12.1 Å². The number of para-hydroxylation sites is 1. The second kappa shape index (κ2) is 9.65. The largest absolute Gasteiger partial charge is 0.507 e. The number of anilines is 1. The minimum Gasteiger partial charge on any atom is -0.507 e. The van der Waals surface area contributed by atoms with Crippen molar-refractivity contribution in [2.45, 2.75) is 46.1 Å². The fraction of sp³-hybridized carbons (Fsp3) is 0.423. The van der Waals surface area contributed by atoms with E-state index in [4.69, 9.17) is 9.97 Å². The van der Waals surface area contributed by atoms with E-state index in [9.17, 15) is 15.0 Å². The van der Waals surface area contributed by atoms with E-state index in [0.717, 1.165) is 54.6 Å². The number of aryl methyl sites for hydroxylation is 1. The van der Waals surface area contributed by atoms with E-state index in [0.29, 0.717) is 17.3 Å². The molecule has 4 rings (SSSR count). The number of carbonyl (C=O) groups is 1. The van der Waals surface area contributed by atoms with Crippen LogP contribution in [0.3, 0.4) is 0 Å². The molecule has 2 aromatic carbocycles. The van der Waals surface area contributed by atoms with Crippen molar-refractivity contribution in [3.05, 3.63) is 48.0 Å². The number of fused-ring (bicyclic) bond motifs is 1. The van der Waals surface area contributed by atoms with Crippen LogP contribution < -0.4 is 10.2 Å². The normalized spacial score (nSPS) is 17.3. The third-order valence-electron chi connectivity index (χ3n) is 6.34. The van der Waals surface area contributed by atoms with Crippen molar-refractivity contribution in [2.24, 2.45) is 11.8 Å². The number of aromatic hydroxyl groups is 1. The fourth-order valence-electron chi connectivity index (χ4n) is 4.81. The third kappa shape index (κ3) is 5.18. The molecule has 33 heavy (non-hydrogen) atoms. The molecular formula is C26H32N4O3. The first kappa shape index (κ1) is 22.8. The fourth-order valence-corrected chi connectivity index (χ4v) is 4.81. The zero-order valence-corrected chi connectivity index (χ0v) is 19.5. The van der Waals surface area contributed by atoms with Crippen molar-refractivity contribution in [3.63, 3.8) is 0 Å². The predicted octanol–water partition coefficient (Wildman–Crippen LogP) is 5.21. The molecule has 1 saturated heterocycles. The highest BCUT2D eigenvalue weighted by atomic mass is 16.4. The molecule has 3 N–H and O–H groups in total. The molecule has 1 amide bonds. The van der Waals surface area contributed by atoms with Gasteiger partial charge in [-0.15, -0.1) is 0 Å². The van der Waals surface area contributed by atoms with E-state index in [-0.39, 0.29) is 17.7 Å². The molecule has 174 valence electrons. The Morgan fingerprint density at radius 1 is 1.21 bits per heavy atom. The van der Waals surface area contributed by atoms with Crippen LogP contribution in [-0.4, -0.2) is 45.4 Å². The molecule has 1 aliphatic rings. The number of phenols is 1. The summed E-state index contributed by atoms with van der Waals surface area (Å²) in [5.41, 5.74) is 2.54. The lowest BCUT2D eigenvalue weighted by molar-refractivity contribution is 0.177. The number of hydrogen-bond acceptors (Lipinski definition) is 5. The summed E-state index contributed by atoms with van der Waals surface area (Å²) in [5.74, 6) is 2.07. The third-order valence-corrected chi connectivity index (χ3v) is 6.34. The molecule has 1 aliphatic heterocycles. The smallest absolute Gasteiger partial charge is 0.404 e. The Morgan fingerprint density at radius 3 is 2.73 bits per heavy atom. The van der Waals surface area contributed by atoms with Crippen LogP contribution in [0.15, 0.2) is 42.5 Å². The summed E-state index contributed by atoms with van der Waals surface area (Å²) in [5, 5.41) is 23.5. The van der Waals surface area contributed by atoms with Crippen molar-refractivity contribution in [3.8, 4) is 17.1 Å². The summed E-state index contributed by atoms with van der Waals surface area (Å²) in [7, 11) is 0. The zero-order valence-electron chi connectivity index (χ0n) is 19.5. The summed E-state index contributed by atoms with van der Waals surface area (Å²) in [6, 6.07) is 13.2. The van der Waals surface area contributed by atoms with Gasteiger partial charge >= 0.3 is 6.09 Å². The lowest BCUT2D eigenvalue weighted by Gasteiger charge is -2.38. The first-order chi connectivity index (χ1) is 15.8. The van der Waals surface area contributed by atoms with Crippen LogP contribution in [-0.2, 0) is 0 Å². The lowest BCUT2D eigenvalue weighted by atomic mass is 9.86. The van der Waals surface area contributed by atoms with Gasteiger partial charge in [-0.3, -0.25) is 0 Å². The number of aromatic nitrogens is 2. The minimum atomic E-state index is -0.970. The number of nitrogens with zero attached hydrogens (tertiary/aromatic N) is 3. The van der Waals surface area contributed by atoms with Gasteiger partial charge < -0.3 is 20.4 Å². The Balaban J connectivity index is 1.74. The SMILES string of the molecule is Cc1ccc2c(N3CCC[C@@H](C(CC(C)C)NC(=O)O)C3)nc(-c3ccccc3O)nc2c1. The summed E-state index contributed by atoms with van der Waals surface area (Å²) < 4.78 is 0. The number of phenolic OH excluding ortho intramolecular Hbond substituents is 1. The van der Waals surface area contributed by atoms with Crippen molar-refractivity contribution < 1.29 is 15.0 Å². The Kier molecular flexibility index (Phi) is 6.67. The standard InChI is InChI=1S/C26H32N4O3/c1-16(2)13-21(28-26(32)33)18-7-6-12-30(15-18)25-19-11-10-17(3)14-22(19)27-24(29-25)20-8-4-5-9-23(20)31/h4-5,8-11,14,16,18,21,28,31H,6-7,12-13,15H2,1-3H3,(H,32,33)/t18-,21?/m1/s1. The summed E-state index contributed by atoms with van der Waals surface area (Å²) >= 11 is 0. The molecule has 2 heterocycles. The summed E-state index contributed by atoms with van der Waals surface area (Å²) in [4.78, 5) is 23.4. The van der Waals surface area contributed by atoms with E-state index >= 15 is 0 Å². The van der Waals surface area contributed by atoms with Gasteiger partial charge in [0.25, 0.3) is 0 Å². The van der Waals surface area contributed by atoms with Crippen LogP contribution in [0.2, 0.25) is 0 Å². The van der Waals surface area contributed by atoms with Crippen molar-refractivity contribution in [1.29, 1.82) is 0 Å². The van der Waals surface area contributed by atoms with Crippen molar-refractivity contribution >= 4 is 22.8 Å². The highest BCUT2D eigenvalue weighted by Crippen LogP contribution is 2.34. The summed E-state index contributed by atoms with van der Waals surface area (Å²) in [6.07, 6.45) is 1.77. The average molecular weight is 449 g/mol. The van der Waals surface area contributed by atoms with Crippen LogP contribution in [0.5, 0.6) is 5.75 Å². The Morgan fingerprint density at radius 2 is 2.00 bits per heavy atom. The van der Waals surface area contributed by atoms with Gasteiger partial charge in [-0.2, -0.15) is 0 Å². The van der Waals surface area contributed by atoms with Crippen LogP contribution >= 0.6 is 0 Å². The molecule has 0 radical (unpaired) electrons. The predicted molar refractivity (Wildman–Crippen MR) is 131 cm³/mol. The van der Waals surface area contributed by atoms with Crippen molar-refractivity contribution in [1.82, 2.24) is 15.3 Å². The molecule has 7 heteroatoms. The summed E-state index contributed by atoms with van der Waals surface area (Å²) in [6.45, 7) is 7.84. The molecule has 0 spiro atoms. The molecule has 1 aromatic heterocycles. The highest BCUT2D eigenvalue weighted by molar-refractivity contribution is 5.92. The lowest BCUT2D eigenvalue weighted by Crippen LogP contribution is -2.48. The number of rotatable bonds is 6. The molecule has 2 atom stereocenters. The van der Waals surface area contributed by atoms with Crippen molar-refractivity contribution in [2.75, 3.05) is 18.0 Å². The average Bonchev–Trinajstić information content (AvgIpc) is 2.77.